The zero-order chi connectivity index (χ0) is 18.3. The van der Waals surface area contributed by atoms with Crippen LogP contribution in [0.4, 0.5) is 4.79 Å². The minimum Gasteiger partial charge on any atom is -0.461 e. The molecule has 0 saturated carbocycles. The highest BCUT2D eigenvalue weighted by Gasteiger charge is 2.27. The number of ether oxygens (including phenoxy) is 2. The molecule has 1 atom stereocenters. The molecule has 0 unspecified atom stereocenters. The number of likely N-dealkylation sites (tertiary alicyclic amines) is 1. The molecule has 1 aliphatic rings. The van der Waals surface area contributed by atoms with Gasteiger partial charge >= 0.3 is 6.09 Å². The largest absolute Gasteiger partial charge is 0.461 e. The zero-order valence-electron chi connectivity index (χ0n) is 15.5. The van der Waals surface area contributed by atoms with Crippen LogP contribution in [0.5, 0.6) is 0 Å². The summed E-state index contributed by atoms with van der Waals surface area (Å²) in [5, 5.41) is 0. The van der Waals surface area contributed by atoms with Crippen LogP contribution in [-0.2, 0) is 9.47 Å². The summed E-state index contributed by atoms with van der Waals surface area (Å²) in [6.07, 6.45) is 5.23. The van der Waals surface area contributed by atoms with Crippen molar-refractivity contribution in [1.82, 2.24) is 4.90 Å². The van der Waals surface area contributed by atoms with E-state index in [9.17, 15) is 9.59 Å². The first-order valence-corrected chi connectivity index (χ1v) is 8.97. The molecule has 0 aromatic carbocycles. The highest BCUT2D eigenvalue weighted by molar-refractivity contribution is 5.94. The number of rotatable bonds is 7. The quantitative estimate of drug-likeness (QED) is 0.550. The molecule has 1 aromatic rings. The van der Waals surface area contributed by atoms with E-state index in [1.165, 1.54) is 6.26 Å². The Morgan fingerprint density at radius 2 is 2.16 bits per heavy atom. The van der Waals surface area contributed by atoms with Gasteiger partial charge in [-0.1, -0.05) is 0 Å². The predicted octanol–water partition coefficient (Wildman–Crippen LogP) is 3.91. The Balaban J connectivity index is 1.62. The second-order valence-corrected chi connectivity index (χ2v) is 7.53. The first-order valence-electron chi connectivity index (χ1n) is 8.97. The minimum absolute atomic E-state index is 0.0439. The summed E-state index contributed by atoms with van der Waals surface area (Å²) < 4.78 is 15.9. The molecule has 1 saturated heterocycles. The third-order valence-electron chi connectivity index (χ3n) is 4.10. The molecule has 1 amide bonds. The molecular formula is C19H29NO5. The van der Waals surface area contributed by atoms with Gasteiger partial charge in [0.25, 0.3) is 0 Å². The molecule has 0 N–H and O–H groups in total. The van der Waals surface area contributed by atoms with Crippen molar-refractivity contribution in [2.24, 2.45) is 5.92 Å². The summed E-state index contributed by atoms with van der Waals surface area (Å²) in [5.41, 5.74) is -0.460. The summed E-state index contributed by atoms with van der Waals surface area (Å²) in [5.74, 6) is 0.657. The summed E-state index contributed by atoms with van der Waals surface area (Å²) in [6, 6.07) is 3.33. The molecular weight excluding hydrogens is 322 g/mol. The van der Waals surface area contributed by atoms with Gasteiger partial charge in [-0.05, 0) is 64.5 Å². The Hall–Kier alpha value is -1.82. The number of piperidine rings is 1. The molecule has 6 heteroatoms. The van der Waals surface area contributed by atoms with Crippen LogP contribution in [0.15, 0.2) is 22.8 Å². The summed E-state index contributed by atoms with van der Waals surface area (Å²) in [4.78, 5) is 25.7. The van der Waals surface area contributed by atoms with Crippen LogP contribution in [0.2, 0.25) is 0 Å². The van der Waals surface area contributed by atoms with Crippen LogP contribution in [0, 0.1) is 5.92 Å². The molecule has 2 heterocycles. The summed E-state index contributed by atoms with van der Waals surface area (Å²) >= 11 is 0. The van der Waals surface area contributed by atoms with Crippen molar-refractivity contribution in [3.05, 3.63) is 24.2 Å². The Bertz CT molecular complexity index is 547. The van der Waals surface area contributed by atoms with Gasteiger partial charge in [0, 0.05) is 19.7 Å². The van der Waals surface area contributed by atoms with Gasteiger partial charge < -0.3 is 18.8 Å². The van der Waals surface area contributed by atoms with E-state index in [0.29, 0.717) is 18.3 Å². The first-order chi connectivity index (χ1) is 11.8. The van der Waals surface area contributed by atoms with E-state index in [1.807, 2.05) is 20.8 Å². The van der Waals surface area contributed by atoms with E-state index in [2.05, 4.69) is 0 Å². The summed E-state index contributed by atoms with van der Waals surface area (Å²) in [7, 11) is 0. The first kappa shape index (κ1) is 19.5. The fraction of sp³-hybridized carbons (Fsp3) is 0.684. The number of hydrogen-bond donors (Lipinski definition) is 0. The average molecular weight is 351 g/mol. The van der Waals surface area contributed by atoms with Gasteiger partial charge in [-0.3, -0.25) is 4.79 Å². The molecule has 2 rings (SSSR count). The van der Waals surface area contributed by atoms with Gasteiger partial charge in [0.15, 0.2) is 5.76 Å². The van der Waals surface area contributed by atoms with Crippen molar-refractivity contribution in [2.45, 2.75) is 52.1 Å². The second kappa shape index (κ2) is 9.04. The van der Waals surface area contributed by atoms with Crippen LogP contribution in [0.1, 0.15) is 57.0 Å². The molecule has 0 spiro atoms. The van der Waals surface area contributed by atoms with E-state index >= 15 is 0 Å². The van der Waals surface area contributed by atoms with Crippen molar-refractivity contribution >= 4 is 11.9 Å². The SMILES string of the molecule is CC(C)(C)OC(=O)N1CCC[C@@H](CCCOCC(=O)c2ccco2)C1. The Morgan fingerprint density at radius 3 is 2.84 bits per heavy atom. The van der Waals surface area contributed by atoms with Crippen LogP contribution >= 0.6 is 0 Å². The normalized spacial score (nSPS) is 18.2. The smallest absolute Gasteiger partial charge is 0.410 e. The Labute approximate surface area is 149 Å². The fourth-order valence-electron chi connectivity index (χ4n) is 2.94. The minimum atomic E-state index is -0.460. The lowest BCUT2D eigenvalue weighted by molar-refractivity contribution is 0.0155. The molecule has 1 aromatic heterocycles. The predicted molar refractivity (Wildman–Crippen MR) is 93.6 cm³/mol. The molecule has 140 valence electrons. The Kier molecular flexibility index (Phi) is 7.05. The molecule has 0 bridgehead atoms. The third kappa shape index (κ3) is 6.90. The van der Waals surface area contributed by atoms with Crippen LogP contribution in [0.3, 0.4) is 0 Å². The monoisotopic (exact) mass is 351 g/mol. The number of carbonyl (C=O) groups excluding carboxylic acids is 2. The van der Waals surface area contributed by atoms with Gasteiger partial charge in [0.2, 0.25) is 5.78 Å². The van der Waals surface area contributed by atoms with Gasteiger partial charge in [-0.25, -0.2) is 4.79 Å². The maximum Gasteiger partial charge on any atom is 0.410 e. The highest BCUT2D eigenvalue weighted by atomic mass is 16.6. The molecule has 1 fully saturated rings. The number of amides is 1. The topological polar surface area (TPSA) is 69.0 Å². The fourth-order valence-corrected chi connectivity index (χ4v) is 2.94. The van der Waals surface area contributed by atoms with Crippen molar-refractivity contribution in [2.75, 3.05) is 26.3 Å². The van der Waals surface area contributed by atoms with Crippen molar-refractivity contribution in [3.63, 3.8) is 0 Å². The number of ketones is 1. The maximum atomic E-state index is 12.2. The molecule has 6 nitrogen and oxygen atoms in total. The number of Topliss-reactive ketones (excluding diaryl/α,β-unsaturated/α-hetero) is 1. The van der Waals surface area contributed by atoms with Crippen LogP contribution in [0.25, 0.3) is 0 Å². The molecule has 25 heavy (non-hydrogen) atoms. The van der Waals surface area contributed by atoms with E-state index in [1.54, 1.807) is 17.0 Å². The number of nitrogens with zero attached hydrogens (tertiary/aromatic N) is 1. The molecule has 1 aliphatic heterocycles. The van der Waals surface area contributed by atoms with E-state index < -0.39 is 5.60 Å². The highest BCUT2D eigenvalue weighted by Crippen LogP contribution is 2.22. The second-order valence-electron chi connectivity index (χ2n) is 7.53. The lowest BCUT2D eigenvalue weighted by atomic mass is 9.94. The number of hydrogen-bond acceptors (Lipinski definition) is 5. The number of carbonyl (C=O) groups is 2. The zero-order valence-corrected chi connectivity index (χ0v) is 15.5. The van der Waals surface area contributed by atoms with Crippen molar-refractivity contribution in [3.8, 4) is 0 Å². The van der Waals surface area contributed by atoms with Gasteiger partial charge in [-0.15, -0.1) is 0 Å². The molecule has 0 radical (unpaired) electrons. The molecule has 0 aliphatic carbocycles. The van der Waals surface area contributed by atoms with E-state index in [4.69, 9.17) is 13.9 Å². The van der Waals surface area contributed by atoms with Gasteiger partial charge in [0.1, 0.15) is 12.2 Å². The average Bonchev–Trinajstić information content (AvgIpc) is 3.07. The van der Waals surface area contributed by atoms with Crippen molar-refractivity contribution < 1.29 is 23.5 Å². The standard InChI is InChI=1S/C19H29NO5/c1-19(2,3)25-18(22)20-10-4-7-15(13-20)8-5-11-23-14-16(21)17-9-6-12-24-17/h6,9,12,15H,4-5,7-8,10-11,13-14H2,1-3H3/t15-/m0/s1. The van der Waals surface area contributed by atoms with Crippen LogP contribution in [-0.4, -0.2) is 48.7 Å². The van der Waals surface area contributed by atoms with E-state index in [-0.39, 0.29) is 18.5 Å². The van der Waals surface area contributed by atoms with Gasteiger partial charge in [0.05, 0.1) is 6.26 Å². The van der Waals surface area contributed by atoms with E-state index in [0.717, 1.165) is 38.8 Å². The lowest BCUT2D eigenvalue weighted by Crippen LogP contribution is -2.42. The summed E-state index contributed by atoms with van der Waals surface area (Å²) in [6.45, 7) is 7.73. The van der Waals surface area contributed by atoms with Crippen molar-refractivity contribution in [1.29, 1.82) is 0 Å². The third-order valence-corrected chi connectivity index (χ3v) is 4.10. The lowest BCUT2D eigenvalue weighted by Gasteiger charge is -2.34. The number of furan rings is 1. The van der Waals surface area contributed by atoms with Gasteiger partial charge in [-0.2, -0.15) is 0 Å². The van der Waals surface area contributed by atoms with Crippen LogP contribution < -0.4 is 0 Å². The Morgan fingerprint density at radius 1 is 1.36 bits per heavy atom. The maximum absolute atomic E-state index is 12.2.